The Morgan fingerprint density at radius 2 is 1.89 bits per heavy atom. The number of benzene rings is 2. The van der Waals surface area contributed by atoms with Crippen LogP contribution in [0.4, 0.5) is 4.39 Å². The fraction of sp³-hybridized carbons (Fsp3) is 0.250. The smallest absolute Gasteiger partial charge is 0.239 e. The van der Waals surface area contributed by atoms with E-state index < -0.39 is 11.9 Å². The summed E-state index contributed by atoms with van der Waals surface area (Å²) in [6.45, 7) is 3.65. The Morgan fingerprint density at radius 1 is 1.11 bits per heavy atom. The van der Waals surface area contributed by atoms with Crippen LogP contribution in [0.25, 0.3) is 11.0 Å². The number of carbonyl (C=O) groups excluding carboxylic acids is 1. The van der Waals surface area contributed by atoms with Crippen LogP contribution in [0.15, 0.2) is 67.0 Å². The topological polar surface area (TPSA) is 111 Å². The average Bonchev–Trinajstić information content (AvgIpc) is 3.35. The third-order valence-corrected chi connectivity index (χ3v) is 6.58. The number of nitriles is 1. The Labute approximate surface area is 214 Å². The van der Waals surface area contributed by atoms with Gasteiger partial charge in [-0.1, -0.05) is 36.4 Å². The summed E-state index contributed by atoms with van der Waals surface area (Å²) in [6, 6.07) is 17.7. The first kappa shape index (κ1) is 24.4. The van der Waals surface area contributed by atoms with Crippen LogP contribution in [0.5, 0.6) is 11.5 Å². The van der Waals surface area contributed by atoms with Crippen molar-refractivity contribution in [1.29, 1.82) is 5.26 Å². The van der Waals surface area contributed by atoms with Gasteiger partial charge < -0.3 is 20.4 Å². The van der Waals surface area contributed by atoms with E-state index in [1.807, 2.05) is 18.2 Å². The highest BCUT2D eigenvalue weighted by atomic mass is 19.1. The fourth-order valence-corrected chi connectivity index (χ4v) is 4.62. The number of ether oxygens (including phenoxy) is 1. The molecule has 9 heteroatoms. The van der Waals surface area contributed by atoms with Crippen LogP contribution >= 0.6 is 0 Å². The molecule has 188 valence electrons. The Bertz CT molecular complexity index is 1440. The van der Waals surface area contributed by atoms with E-state index in [1.165, 1.54) is 30.1 Å². The summed E-state index contributed by atoms with van der Waals surface area (Å²) in [5.74, 6) is -0.370. The SMILES string of the molecule is N#Cc1c[nH]c2nccc(Oc3ccc(C[C@H](N)C(=O)N4CCN(Cc5ccccc5)CC4)cc3F)c12. The van der Waals surface area contributed by atoms with Gasteiger partial charge in [-0.15, -0.1) is 0 Å². The maximum absolute atomic E-state index is 14.9. The summed E-state index contributed by atoms with van der Waals surface area (Å²) in [5.41, 5.74) is 8.93. The number of fused-ring (bicyclic) bond motifs is 1. The second-order valence-corrected chi connectivity index (χ2v) is 9.11. The van der Waals surface area contributed by atoms with Crippen LogP contribution in [0.3, 0.4) is 0 Å². The highest BCUT2D eigenvalue weighted by Crippen LogP contribution is 2.32. The number of aromatic nitrogens is 2. The first-order valence-electron chi connectivity index (χ1n) is 12.1. The molecular formula is C28H27FN6O2. The van der Waals surface area contributed by atoms with Gasteiger partial charge in [-0.25, -0.2) is 9.37 Å². The van der Waals surface area contributed by atoms with E-state index in [1.54, 1.807) is 17.0 Å². The third kappa shape index (κ3) is 5.45. The zero-order chi connectivity index (χ0) is 25.8. The predicted molar refractivity (Wildman–Crippen MR) is 137 cm³/mol. The molecule has 8 nitrogen and oxygen atoms in total. The quantitative estimate of drug-likeness (QED) is 0.403. The van der Waals surface area contributed by atoms with E-state index in [2.05, 4.69) is 33.1 Å². The van der Waals surface area contributed by atoms with Crippen molar-refractivity contribution in [2.75, 3.05) is 26.2 Å². The van der Waals surface area contributed by atoms with Gasteiger partial charge in [0, 0.05) is 45.1 Å². The van der Waals surface area contributed by atoms with Crippen molar-refractivity contribution < 1.29 is 13.9 Å². The number of aromatic amines is 1. The number of nitrogens with one attached hydrogen (secondary N) is 1. The van der Waals surface area contributed by atoms with Crippen LogP contribution in [0.2, 0.25) is 0 Å². The molecule has 3 heterocycles. The monoisotopic (exact) mass is 498 g/mol. The fourth-order valence-electron chi connectivity index (χ4n) is 4.62. The summed E-state index contributed by atoms with van der Waals surface area (Å²) >= 11 is 0. The van der Waals surface area contributed by atoms with Gasteiger partial charge in [-0.3, -0.25) is 9.69 Å². The van der Waals surface area contributed by atoms with Crippen molar-refractivity contribution in [3.8, 4) is 17.6 Å². The van der Waals surface area contributed by atoms with Gasteiger partial charge >= 0.3 is 0 Å². The lowest BCUT2D eigenvalue weighted by Gasteiger charge is -2.36. The number of hydrogen-bond donors (Lipinski definition) is 2. The number of hydrogen-bond acceptors (Lipinski definition) is 6. The van der Waals surface area contributed by atoms with Crippen molar-refractivity contribution in [3.05, 3.63) is 89.5 Å². The molecule has 0 aliphatic carbocycles. The Balaban J connectivity index is 1.19. The molecule has 0 bridgehead atoms. The molecule has 2 aromatic carbocycles. The van der Waals surface area contributed by atoms with E-state index in [9.17, 15) is 14.4 Å². The van der Waals surface area contributed by atoms with Gasteiger partial charge in [-0.05, 0) is 35.7 Å². The van der Waals surface area contributed by atoms with Crippen LogP contribution in [-0.4, -0.2) is 57.9 Å². The second-order valence-electron chi connectivity index (χ2n) is 9.11. The summed E-state index contributed by atoms with van der Waals surface area (Å²) in [5, 5.41) is 9.82. The van der Waals surface area contributed by atoms with Gasteiger partial charge in [0.25, 0.3) is 0 Å². The zero-order valence-corrected chi connectivity index (χ0v) is 20.2. The largest absolute Gasteiger partial charge is 0.453 e. The molecule has 0 spiro atoms. The predicted octanol–water partition coefficient (Wildman–Crippen LogP) is 3.58. The number of rotatable bonds is 7. The molecule has 1 aliphatic heterocycles. The molecule has 3 N–H and O–H groups in total. The molecular weight excluding hydrogens is 471 g/mol. The van der Waals surface area contributed by atoms with Crippen LogP contribution < -0.4 is 10.5 Å². The van der Waals surface area contributed by atoms with E-state index in [0.29, 0.717) is 41.0 Å². The highest BCUT2D eigenvalue weighted by Gasteiger charge is 2.26. The molecule has 1 aliphatic rings. The molecule has 0 unspecified atom stereocenters. The van der Waals surface area contributed by atoms with Gasteiger partial charge in [0.15, 0.2) is 11.6 Å². The number of piperazine rings is 1. The summed E-state index contributed by atoms with van der Waals surface area (Å²) < 4.78 is 20.7. The van der Waals surface area contributed by atoms with Crippen molar-refractivity contribution in [3.63, 3.8) is 0 Å². The van der Waals surface area contributed by atoms with Crippen molar-refractivity contribution >= 4 is 16.9 Å². The number of carbonyl (C=O) groups is 1. The third-order valence-electron chi connectivity index (χ3n) is 6.58. The lowest BCUT2D eigenvalue weighted by Crippen LogP contribution is -2.53. The van der Waals surface area contributed by atoms with Gasteiger partial charge in [-0.2, -0.15) is 5.26 Å². The van der Waals surface area contributed by atoms with Crippen molar-refractivity contribution in [2.45, 2.75) is 19.0 Å². The molecule has 1 amide bonds. The maximum Gasteiger partial charge on any atom is 0.239 e. The van der Waals surface area contributed by atoms with Crippen molar-refractivity contribution in [2.24, 2.45) is 5.73 Å². The Morgan fingerprint density at radius 3 is 2.62 bits per heavy atom. The maximum atomic E-state index is 14.9. The highest BCUT2D eigenvalue weighted by molar-refractivity contribution is 5.88. The van der Waals surface area contributed by atoms with Crippen LogP contribution in [0, 0.1) is 17.1 Å². The first-order valence-corrected chi connectivity index (χ1v) is 12.1. The standard InChI is InChI=1S/C28H27FN6O2/c29-22-14-20(6-7-24(22)37-25-8-9-32-27-26(25)21(16-30)17-33-27)15-23(31)28(36)35-12-10-34(11-13-35)18-19-4-2-1-3-5-19/h1-9,14,17,23H,10-13,15,18,31H2,(H,32,33)/t23-/m0/s1. The number of H-pyrrole nitrogens is 1. The van der Waals surface area contributed by atoms with Crippen molar-refractivity contribution in [1.82, 2.24) is 19.8 Å². The number of nitrogens with zero attached hydrogens (tertiary/aromatic N) is 4. The minimum atomic E-state index is -0.760. The number of pyridine rings is 1. The lowest BCUT2D eigenvalue weighted by atomic mass is 10.0. The molecule has 37 heavy (non-hydrogen) atoms. The lowest BCUT2D eigenvalue weighted by molar-refractivity contribution is -0.134. The summed E-state index contributed by atoms with van der Waals surface area (Å²) in [4.78, 5) is 24.1. The number of amides is 1. The molecule has 4 aromatic rings. The van der Waals surface area contributed by atoms with Gasteiger partial charge in [0.05, 0.1) is 17.0 Å². The normalized spacial score (nSPS) is 14.9. The average molecular weight is 499 g/mol. The molecule has 5 rings (SSSR count). The molecule has 1 fully saturated rings. The molecule has 0 radical (unpaired) electrons. The zero-order valence-electron chi connectivity index (χ0n) is 20.2. The van der Waals surface area contributed by atoms with E-state index in [0.717, 1.165) is 19.6 Å². The first-order chi connectivity index (χ1) is 18.0. The summed E-state index contributed by atoms with van der Waals surface area (Å²) in [7, 11) is 0. The number of nitrogens with two attached hydrogens (primary N) is 1. The Hall–Kier alpha value is -4.26. The van der Waals surface area contributed by atoms with E-state index >= 15 is 0 Å². The van der Waals surface area contributed by atoms with E-state index in [4.69, 9.17) is 10.5 Å². The Kier molecular flexibility index (Phi) is 7.12. The minimum Gasteiger partial charge on any atom is -0.453 e. The van der Waals surface area contributed by atoms with Gasteiger partial charge in [0.2, 0.25) is 5.91 Å². The van der Waals surface area contributed by atoms with Gasteiger partial charge in [0.1, 0.15) is 17.5 Å². The minimum absolute atomic E-state index is 0.00998. The van der Waals surface area contributed by atoms with E-state index in [-0.39, 0.29) is 18.1 Å². The summed E-state index contributed by atoms with van der Waals surface area (Å²) in [6.07, 6.45) is 3.27. The molecule has 1 saturated heterocycles. The second kappa shape index (κ2) is 10.8. The van der Waals surface area contributed by atoms with Crippen LogP contribution in [-0.2, 0) is 17.8 Å². The molecule has 2 aromatic heterocycles. The van der Waals surface area contributed by atoms with Crippen LogP contribution in [0.1, 0.15) is 16.7 Å². The number of halogens is 1. The molecule has 1 atom stereocenters. The molecule has 0 saturated carbocycles.